The summed E-state index contributed by atoms with van der Waals surface area (Å²) in [5, 5.41) is 3.64. The van der Waals surface area contributed by atoms with Crippen molar-refractivity contribution in [1.29, 1.82) is 0 Å². The third-order valence-corrected chi connectivity index (χ3v) is 4.21. The average Bonchev–Trinajstić information content (AvgIpc) is 2.39. The lowest BCUT2D eigenvalue weighted by Crippen LogP contribution is -2.31. The molecule has 1 aromatic carbocycles. The number of methoxy groups -OCH3 is 1. The highest BCUT2D eigenvalue weighted by molar-refractivity contribution is 5.90. The number of rotatable bonds is 3. The van der Waals surface area contributed by atoms with E-state index < -0.39 is 0 Å². The van der Waals surface area contributed by atoms with Crippen molar-refractivity contribution in [2.45, 2.75) is 52.5 Å². The molecule has 3 nitrogen and oxygen atoms in total. The maximum atomic E-state index is 11.5. The molecule has 0 heterocycles. The van der Waals surface area contributed by atoms with E-state index in [1.54, 1.807) is 0 Å². The molecule has 0 amide bonds. The second kappa shape index (κ2) is 5.86. The Morgan fingerprint density at radius 3 is 2.75 bits per heavy atom. The predicted octanol–water partition coefficient (Wildman–Crippen LogP) is 4.16. The molecule has 0 radical (unpaired) electrons. The predicted molar refractivity (Wildman–Crippen MR) is 82.2 cm³/mol. The molecule has 1 aliphatic rings. The van der Waals surface area contributed by atoms with E-state index in [4.69, 9.17) is 4.74 Å². The number of carbonyl (C=O) groups is 1. The van der Waals surface area contributed by atoms with Crippen LogP contribution in [0.4, 0.5) is 5.69 Å². The lowest BCUT2D eigenvalue weighted by molar-refractivity contribution is 0.0600. The Morgan fingerprint density at radius 1 is 1.40 bits per heavy atom. The Kier molecular flexibility index (Phi) is 4.36. The van der Waals surface area contributed by atoms with E-state index in [1.165, 1.54) is 32.8 Å². The molecule has 110 valence electrons. The molecule has 20 heavy (non-hydrogen) atoms. The Morgan fingerprint density at radius 2 is 2.15 bits per heavy atom. The van der Waals surface area contributed by atoms with E-state index in [-0.39, 0.29) is 5.97 Å². The van der Waals surface area contributed by atoms with Crippen LogP contribution in [-0.2, 0) is 4.74 Å². The van der Waals surface area contributed by atoms with Crippen LogP contribution in [0.3, 0.4) is 0 Å². The summed E-state index contributed by atoms with van der Waals surface area (Å²) < 4.78 is 4.75. The number of hydrogen-bond donors (Lipinski definition) is 1. The molecular weight excluding hydrogens is 250 g/mol. The van der Waals surface area contributed by atoms with Crippen LogP contribution in [0.5, 0.6) is 0 Å². The third kappa shape index (κ3) is 3.53. The van der Waals surface area contributed by atoms with Crippen molar-refractivity contribution in [3.63, 3.8) is 0 Å². The van der Waals surface area contributed by atoms with Gasteiger partial charge in [0.2, 0.25) is 0 Å². The SMILES string of the molecule is COC(=O)c1ccc(NC2CCCC(C)(C)C2)c(C)c1. The van der Waals surface area contributed by atoms with E-state index in [1.807, 2.05) is 25.1 Å². The highest BCUT2D eigenvalue weighted by Crippen LogP contribution is 2.36. The summed E-state index contributed by atoms with van der Waals surface area (Å²) in [5.41, 5.74) is 3.26. The van der Waals surface area contributed by atoms with Crippen molar-refractivity contribution in [1.82, 2.24) is 0 Å². The van der Waals surface area contributed by atoms with Crippen molar-refractivity contribution in [2.75, 3.05) is 12.4 Å². The van der Waals surface area contributed by atoms with Crippen LogP contribution in [0.25, 0.3) is 0 Å². The maximum Gasteiger partial charge on any atom is 0.337 e. The number of anilines is 1. The monoisotopic (exact) mass is 275 g/mol. The summed E-state index contributed by atoms with van der Waals surface area (Å²) in [6.07, 6.45) is 5.02. The lowest BCUT2D eigenvalue weighted by Gasteiger charge is -2.36. The normalized spacial score (nSPS) is 21.3. The second-order valence-corrected chi connectivity index (χ2v) is 6.62. The lowest BCUT2D eigenvalue weighted by atomic mass is 9.75. The molecule has 1 aliphatic carbocycles. The van der Waals surface area contributed by atoms with Gasteiger partial charge in [-0.05, 0) is 55.4 Å². The van der Waals surface area contributed by atoms with E-state index >= 15 is 0 Å². The zero-order valence-corrected chi connectivity index (χ0v) is 13.0. The Hall–Kier alpha value is -1.51. The molecule has 0 aromatic heterocycles. The van der Waals surface area contributed by atoms with Crippen molar-refractivity contribution in [2.24, 2.45) is 5.41 Å². The molecule has 1 aromatic rings. The van der Waals surface area contributed by atoms with Crippen molar-refractivity contribution < 1.29 is 9.53 Å². The Labute approximate surface area is 121 Å². The molecular formula is C17H25NO2. The zero-order valence-electron chi connectivity index (χ0n) is 13.0. The topological polar surface area (TPSA) is 38.3 Å². The number of esters is 1. The summed E-state index contributed by atoms with van der Waals surface area (Å²) >= 11 is 0. The van der Waals surface area contributed by atoms with Crippen molar-refractivity contribution in [3.8, 4) is 0 Å². The molecule has 0 bridgehead atoms. The van der Waals surface area contributed by atoms with Crippen LogP contribution in [-0.4, -0.2) is 19.1 Å². The molecule has 1 N–H and O–H groups in total. The first-order chi connectivity index (χ1) is 9.41. The van der Waals surface area contributed by atoms with Gasteiger partial charge in [-0.3, -0.25) is 0 Å². The van der Waals surface area contributed by atoms with Gasteiger partial charge in [0.05, 0.1) is 12.7 Å². The van der Waals surface area contributed by atoms with E-state index in [9.17, 15) is 4.79 Å². The minimum Gasteiger partial charge on any atom is -0.465 e. The van der Waals surface area contributed by atoms with Gasteiger partial charge in [-0.1, -0.05) is 20.3 Å². The molecule has 1 saturated carbocycles. The molecule has 1 unspecified atom stereocenters. The largest absolute Gasteiger partial charge is 0.465 e. The van der Waals surface area contributed by atoms with Crippen molar-refractivity contribution in [3.05, 3.63) is 29.3 Å². The van der Waals surface area contributed by atoms with E-state index in [0.717, 1.165) is 11.3 Å². The molecule has 0 aliphatic heterocycles. The number of ether oxygens (including phenoxy) is 1. The van der Waals surface area contributed by atoms with Gasteiger partial charge in [0.25, 0.3) is 0 Å². The van der Waals surface area contributed by atoms with Crippen LogP contribution >= 0.6 is 0 Å². The summed E-state index contributed by atoms with van der Waals surface area (Å²) in [6, 6.07) is 6.24. The van der Waals surface area contributed by atoms with Gasteiger partial charge in [0, 0.05) is 11.7 Å². The number of hydrogen-bond acceptors (Lipinski definition) is 3. The van der Waals surface area contributed by atoms with Gasteiger partial charge >= 0.3 is 5.97 Å². The Bertz CT molecular complexity index is 494. The van der Waals surface area contributed by atoms with Crippen LogP contribution in [0.1, 0.15) is 55.5 Å². The van der Waals surface area contributed by atoms with Gasteiger partial charge in [-0.15, -0.1) is 0 Å². The smallest absolute Gasteiger partial charge is 0.337 e. The Balaban J connectivity index is 2.08. The average molecular weight is 275 g/mol. The quantitative estimate of drug-likeness (QED) is 0.842. The van der Waals surface area contributed by atoms with Gasteiger partial charge in [0.15, 0.2) is 0 Å². The molecule has 3 heteroatoms. The number of nitrogens with one attached hydrogen (secondary N) is 1. The summed E-state index contributed by atoms with van der Waals surface area (Å²) in [5.74, 6) is -0.279. The first-order valence-electron chi connectivity index (χ1n) is 7.37. The number of benzene rings is 1. The maximum absolute atomic E-state index is 11.5. The fourth-order valence-corrected chi connectivity index (χ4v) is 3.11. The zero-order chi connectivity index (χ0) is 14.8. The van der Waals surface area contributed by atoms with E-state index in [0.29, 0.717) is 17.0 Å². The fraction of sp³-hybridized carbons (Fsp3) is 0.588. The molecule has 1 fully saturated rings. The molecule has 0 saturated heterocycles. The highest BCUT2D eigenvalue weighted by Gasteiger charge is 2.28. The first kappa shape index (κ1) is 14.9. The van der Waals surface area contributed by atoms with E-state index in [2.05, 4.69) is 19.2 Å². The summed E-state index contributed by atoms with van der Waals surface area (Å²) in [4.78, 5) is 11.5. The summed E-state index contributed by atoms with van der Waals surface area (Å²) in [6.45, 7) is 6.71. The first-order valence-corrected chi connectivity index (χ1v) is 7.37. The fourth-order valence-electron chi connectivity index (χ4n) is 3.11. The standard InChI is InChI=1S/C17H25NO2/c1-12-10-13(16(19)20-4)7-8-15(12)18-14-6-5-9-17(2,3)11-14/h7-8,10,14,18H,5-6,9,11H2,1-4H3. The van der Waals surface area contributed by atoms with Crippen LogP contribution in [0.2, 0.25) is 0 Å². The van der Waals surface area contributed by atoms with Gasteiger partial charge < -0.3 is 10.1 Å². The second-order valence-electron chi connectivity index (χ2n) is 6.62. The van der Waals surface area contributed by atoms with Gasteiger partial charge in [-0.25, -0.2) is 4.79 Å². The van der Waals surface area contributed by atoms with Gasteiger partial charge in [0.1, 0.15) is 0 Å². The van der Waals surface area contributed by atoms with Gasteiger partial charge in [-0.2, -0.15) is 0 Å². The minimum absolute atomic E-state index is 0.279. The van der Waals surface area contributed by atoms with Crippen LogP contribution in [0, 0.1) is 12.3 Å². The third-order valence-electron chi connectivity index (χ3n) is 4.21. The van der Waals surface area contributed by atoms with Crippen LogP contribution < -0.4 is 5.32 Å². The number of carbonyl (C=O) groups excluding carboxylic acids is 1. The molecule has 2 rings (SSSR count). The van der Waals surface area contributed by atoms with Crippen molar-refractivity contribution >= 4 is 11.7 Å². The molecule has 0 spiro atoms. The molecule has 1 atom stereocenters. The summed E-state index contributed by atoms with van der Waals surface area (Å²) in [7, 11) is 1.41. The number of aryl methyl sites for hydroxylation is 1. The minimum atomic E-state index is -0.279. The van der Waals surface area contributed by atoms with Crippen LogP contribution in [0.15, 0.2) is 18.2 Å². The highest BCUT2D eigenvalue weighted by atomic mass is 16.5.